The second-order valence-electron chi connectivity index (χ2n) is 7.35. The van der Waals surface area contributed by atoms with E-state index in [4.69, 9.17) is 0 Å². The fraction of sp³-hybridized carbons (Fsp3) is 0.765. The minimum absolute atomic E-state index is 0.0212. The van der Waals surface area contributed by atoms with Crippen molar-refractivity contribution in [1.29, 1.82) is 0 Å². The summed E-state index contributed by atoms with van der Waals surface area (Å²) in [6, 6.07) is 0.846. The Kier molecular flexibility index (Phi) is 5.95. The van der Waals surface area contributed by atoms with Crippen LogP contribution < -0.4 is 4.90 Å². The third kappa shape index (κ3) is 4.90. The van der Waals surface area contributed by atoms with Crippen LogP contribution in [0, 0.1) is 5.92 Å². The van der Waals surface area contributed by atoms with Crippen LogP contribution in [0.1, 0.15) is 44.2 Å². The number of sulfonamides is 1. The van der Waals surface area contributed by atoms with E-state index in [1.165, 1.54) is 6.26 Å². The van der Waals surface area contributed by atoms with E-state index in [0.717, 1.165) is 50.8 Å². The maximum Gasteiger partial charge on any atom is 0.433 e. The molecule has 0 amide bonds. The van der Waals surface area contributed by atoms with Gasteiger partial charge in [-0.25, -0.2) is 18.4 Å². The Hall–Kier alpha value is -1.42. The molecule has 0 saturated carbocycles. The highest BCUT2D eigenvalue weighted by atomic mass is 32.2. The highest BCUT2D eigenvalue weighted by Gasteiger charge is 2.37. The molecule has 6 nitrogen and oxygen atoms in total. The van der Waals surface area contributed by atoms with Crippen molar-refractivity contribution in [3.63, 3.8) is 0 Å². The molecule has 0 N–H and O–H groups in total. The lowest BCUT2D eigenvalue weighted by Crippen LogP contribution is -2.47. The molecule has 1 atom stereocenters. The zero-order valence-corrected chi connectivity index (χ0v) is 16.1. The highest BCUT2D eigenvalue weighted by molar-refractivity contribution is 7.88. The van der Waals surface area contributed by atoms with Gasteiger partial charge in [-0.05, 0) is 37.7 Å². The number of anilines is 1. The lowest BCUT2D eigenvalue weighted by Gasteiger charge is -2.39. The van der Waals surface area contributed by atoms with E-state index in [-0.39, 0.29) is 17.9 Å². The van der Waals surface area contributed by atoms with Crippen LogP contribution in [0.2, 0.25) is 0 Å². The minimum Gasteiger partial charge on any atom is -0.341 e. The Morgan fingerprint density at radius 2 is 1.78 bits per heavy atom. The van der Waals surface area contributed by atoms with Crippen molar-refractivity contribution in [2.75, 3.05) is 30.8 Å². The van der Waals surface area contributed by atoms with E-state index < -0.39 is 21.9 Å². The lowest BCUT2D eigenvalue weighted by atomic mass is 9.87. The molecule has 0 spiro atoms. The van der Waals surface area contributed by atoms with Gasteiger partial charge >= 0.3 is 6.18 Å². The summed E-state index contributed by atoms with van der Waals surface area (Å²) in [4.78, 5) is 9.41. The van der Waals surface area contributed by atoms with Gasteiger partial charge in [0.15, 0.2) is 0 Å². The molecule has 2 saturated heterocycles. The standard InChI is InChI=1S/C17H25F3N4O2S/c1-27(25,26)24-10-4-2-3-5-14(24)13-7-11-23(12-8-13)16-21-9-6-15(22-16)17(18,19)20/h6,9,13-14H,2-5,7-8,10-12H2,1H3/t14-/m0/s1. The van der Waals surface area contributed by atoms with Gasteiger partial charge in [0.1, 0.15) is 5.69 Å². The number of halogens is 3. The summed E-state index contributed by atoms with van der Waals surface area (Å²) in [7, 11) is -3.27. The van der Waals surface area contributed by atoms with Crippen LogP contribution in [0.15, 0.2) is 12.3 Å². The van der Waals surface area contributed by atoms with Crippen molar-refractivity contribution in [3.05, 3.63) is 18.0 Å². The van der Waals surface area contributed by atoms with Crippen molar-refractivity contribution in [2.45, 2.75) is 50.7 Å². The summed E-state index contributed by atoms with van der Waals surface area (Å²) in [6.45, 7) is 1.61. The molecule has 3 rings (SSSR count). The Bertz CT molecular complexity index is 749. The largest absolute Gasteiger partial charge is 0.433 e. The smallest absolute Gasteiger partial charge is 0.341 e. The van der Waals surface area contributed by atoms with Crippen LogP contribution in [-0.2, 0) is 16.2 Å². The Morgan fingerprint density at radius 1 is 1.07 bits per heavy atom. The SMILES string of the molecule is CS(=O)(=O)N1CCCCC[C@H]1C1CCN(c2nccc(C(F)(F)F)n2)CC1. The predicted octanol–water partition coefficient (Wildman–Crippen LogP) is 2.92. The molecule has 1 aromatic heterocycles. The maximum absolute atomic E-state index is 12.9. The molecule has 152 valence electrons. The molecule has 0 aromatic carbocycles. The van der Waals surface area contributed by atoms with Gasteiger partial charge in [-0.2, -0.15) is 17.5 Å². The average molecular weight is 406 g/mol. The first kappa shape index (κ1) is 20.3. The van der Waals surface area contributed by atoms with E-state index in [0.29, 0.717) is 19.6 Å². The summed E-state index contributed by atoms with van der Waals surface area (Å²) in [5.41, 5.74) is -0.943. The van der Waals surface area contributed by atoms with E-state index in [1.807, 2.05) is 0 Å². The Balaban J connectivity index is 1.69. The number of hydrogen-bond donors (Lipinski definition) is 0. The summed E-state index contributed by atoms with van der Waals surface area (Å²) in [5, 5.41) is 0. The minimum atomic E-state index is -4.49. The number of nitrogens with zero attached hydrogens (tertiary/aromatic N) is 4. The van der Waals surface area contributed by atoms with Crippen molar-refractivity contribution in [2.24, 2.45) is 5.92 Å². The van der Waals surface area contributed by atoms with Gasteiger partial charge < -0.3 is 4.90 Å². The first-order chi connectivity index (χ1) is 12.7. The van der Waals surface area contributed by atoms with Gasteiger partial charge in [0.05, 0.1) is 6.26 Å². The molecule has 10 heteroatoms. The second-order valence-corrected chi connectivity index (χ2v) is 9.29. The first-order valence-corrected chi connectivity index (χ1v) is 11.1. The van der Waals surface area contributed by atoms with Gasteiger partial charge in [0.2, 0.25) is 16.0 Å². The summed E-state index contributed by atoms with van der Waals surface area (Å²) < 4.78 is 64.6. The number of aromatic nitrogens is 2. The quantitative estimate of drug-likeness (QED) is 0.772. The van der Waals surface area contributed by atoms with Crippen LogP contribution >= 0.6 is 0 Å². The molecule has 2 aliphatic rings. The number of hydrogen-bond acceptors (Lipinski definition) is 5. The first-order valence-electron chi connectivity index (χ1n) is 9.28. The molecule has 0 unspecified atom stereocenters. The van der Waals surface area contributed by atoms with Gasteiger partial charge in [-0.15, -0.1) is 0 Å². The van der Waals surface area contributed by atoms with E-state index in [2.05, 4.69) is 9.97 Å². The number of alkyl halides is 3. The molecule has 27 heavy (non-hydrogen) atoms. The molecule has 3 heterocycles. The Morgan fingerprint density at radius 3 is 2.41 bits per heavy atom. The van der Waals surface area contributed by atoms with Gasteiger partial charge in [-0.3, -0.25) is 0 Å². The summed E-state index contributed by atoms with van der Waals surface area (Å²) >= 11 is 0. The van der Waals surface area contributed by atoms with Crippen LogP contribution in [-0.4, -0.2) is 54.6 Å². The van der Waals surface area contributed by atoms with Gasteiger partial charge in [-0.1, -0.05) is 12.8 Å². The zero-order chi connectivity index (χ0) is 19.7. The van der Waals surface area contributed by atoms with Crippen molar-refractivity contribution in [3.8, 4) is 0 Å². The average Bonchev–Trinajstić information content (AvgIpc) is 2.87. The molecule has 2 aliphatic heterocycles. The third-order valence-electron chi connectivity index (χ3n) is 5.47. The number of piperidine rings is 1. The molecule has 0 aliphatic carbocycles. The lowest BCUT2D eigenvalue weighted by molar-refractivity contribution is -0.141. The highest BCUT2D eigenvalue weighted by Crippen LogP contribution is 2.33. The fourth-order valence-corrected chi connectivity index (χ4v) is 5.36. The normalized spacial score (nSPS) is 24.0. The van der Waals surface area contributed by atoms with E-state index in [1.54, 1.807) is 9.21 Å². The fourth-order valence-electron chi connectivity index (χ4n) is 4.13. The predicted molar refractivity (Wildman–Crippen MR) is 95.8 cm³/mol. The Labute approximate surface area is 157 Å². The number of rotatable bonds is 3. The maximum atomic E-state index is 12.9. The summed E-state index contributed by atoms with van der Waals surface area (Å²) in [6.07, 6.45) is 3.09. The second kappa shape index (κ2) is 7.90. The van der Waals surface area contributed by atoms with Crippen molar-refractivity contribution < 1.29 is 21.6 Å². The van der Waals surface area contributed by atoms with Crippen LogP contribution in [0.5, 0.6) is 0 Å². The van der Waals surface area contributed by atoms with Crippen molar-refractivity contribution in [1.82, 2.24) is 14.3 Å². The van der Waals surface area contributed by atoms with Crippen LogP contribution in [0.3, 0.4) is 0 Å². The molecule has 2 fully saturated rings. The molecule has 0 bridgehead atoms. The molecule has 0 radical (unpaired) electrons. The monoisotopic (exact) mass is 406 g/mol. The zero-order valence-electron chi connectivity index (χ0n) is 15.3. The van der Waals surface area contributed by atoms with Gasteiger partial charge in [0.25, 0.3) is 0 Å². The topological polar surface area (TPSA) is 66.4 Å². The van der Waals surface area contributed by atoms with Gasteiger partial charge in [0, 0.05) is 31.9 Å². The molecule has 1 aromatic rings. The van der Waals surface area contributed by atoms with E-state index in [9.17, 15) is 21.6 Å². The van der Waals surface area contributed by atoms with E-state index >= 15 is 0 Å². The molecular formula is C17H25F3N4O2S. The van der Waals surface area contributed by atoms with Crippen LogP contribution in [0.4, 0.5) is 19.1 Å². The third-order valence-corrected chi connectivity index (χ3v) is 6.78. The molecular weight excluding hydrogens is 381 g/mol. The van der Waals surface area contributed by atoms with Crippen molar-refractivity contribution >= 4 is 16.0 Å². The van der Waals surface area contributed by atoms with Crippen LogP contribution in [0.25, 0.3) is 0 Å². The summed E-state index contributed by atoms with van der Waals surface area (Å²) in [5.74, 6) is 0.295.